The fourth-order valence-electron chi connectivity index (χ4n) is 2.95. The van der Waals surface area contributed by atoms with Gasteiger partial charge in [0, 0.05) is 50.0 Å². The SMILES string of the molecule is NC(=O)CSc1ccccc1C(=O)N1CCN(Cc2cccnc2)CC1. The molecule has 26 heavy (non-hydrogen) atoms. The van der Waals surface area contributed by atoms with Crippen molar-refractivity contribution in [2.75, 3.05) is 31.9 Å². The molecule has 1 aliphatic heterocycles. The second kappa shape index (κ2) is 8.82. The van der Waals surface area contributed by atoms with Gasteiger partial charge >= 0.3 is 0 Å². The highest BCUT2D eigenvalue weighted by Crippen LogP contribution is 2.24. The Morgan fingerprint density at radius 1 is 1.08 bits per heavy atom. The number of hydrogen-bond acceptors (Lipinski definition) is 5. The number of nitrogens with two attached hydrogens (primary N) is 1. The molecule has 2 amide bonds. The van der Waals surface area contributed by atoms with Gasteiger partial charge in [-0.05, 0) is 23.8 Å². The fourth-order valence-corrected chi connectivity index (χ4v) is 3.73. The summed E-state index contributed by atoms with van der Waals surface area (Å²) in [5.74, 6) is -0.205. The number of carbonyl (C=O) groups excluding carboxylic acids is 2. The summed E-state index contributed by atoms with van der Waals surface area (Å²) in [5.41, 5.74) is 7.04. The van der Waals surface area contributed by atoms with E-state index in [4.69, 9.17) is 5.73 Å². The van der Waals surface area contributed by atoms with E-state index in [2.05, 4.69) is 16.0 Å². The summed E-state index contributed by atoms with van der Waals surface area (Å²) in [6, 6.07) is 11.4. The third-order valence-electron chi connectivity index (χ3n) is 4.28. The first-order chi connectivity index (χ1) is 12.6. The lowest BCUT2D eigenvalue weighted by molar-refractivity contribution is -0.115. The van der Waals surface area contributed by atoms with Crippen LogP contribution in [0.3, 0.4) is 0 Å². The molecule has 2 heterocycles. The molecule has 0 spiro atoms. The molecule has 3 rings (SSSR count). The molecule has 0 atom stereocenters. The number of hydrogen-bond donors (Lipinski definition) is 1. The molecule has 0 radical (unpaired) electrons. The molecule has 0 unspecified atom stereocenters. The number of nitrogens with zero attached hydrogens (tertiary/aromatic N) is 3. The number of thioether (sulfide) groups is 1. The van der Waals surface area contributed by atoms with E-state index in [1.54, 1.807) is 6.20 Å². The predicted octanol–water partition coefficient (Wildman–Crippen LogP) is 1.62. The Labute approximate surface area is 157 Å². The highest BCUT2D eigenvalue weighted by molar-refractivity contribution is 8.00. The maximum absolute atomic E-state index is 12.9. The molecule has 1 aromatic heterocycles. The topological polar surface area (TPSA) is 79.5 Å². The molecule has 136 valence electrons. The Hall–Kier alpha value is -2.38. The van der Waals surface area contributed by atoms with Crippen molar-refractivity contribution in [1.82, 2.24) is 14.8 Å². The van der Waals surface area contributed by atoms with Crippen LogP contribution in [0.2, 0.25) is 0 Å². The number of pyridine rings is 1. The van der Waals surface area contributed by atoms with E-state index in [9.17, 15) is 9.59 Å². The highest BCUT2D eigenvalue weighted by atomic mass is 32.2. The van der Waals surface area contributed by atoms with Crippen molar-refractivity contribution >= 4 is 23.6 Å². The monoisotopic (exact) mass is 370 g/mol. The van der Waals surface area contributed by atoms with Crippen molar-refractivity contribution in [2.24, 2.45) is 5.73 Å². The zero-order valence-corrected chi connectivity index (χ0v) is 15.3. The third-order valence-corrected chi connectivity index (χ3v) is 5.37. The number of carbonyl (C=O) groups is 2. The molecule has 1 aliphatic rings. The summed E-state index contributed by atoms with van der Waals surface area (Å²) in [5, 5.41) is 0. The summed E-state index contributed by atoms with van der Waals surface area (Å²) in [6.45, 7) is 3.89. The normalized spacial score (nSPS) is 15.0. The summed E-state index contributed by atoms with van der Waals surface area (Å²) < 4.78 is 0. The van der Waals surface area contributed by atoms with Crippen LogP contribution in [0.1, 0.15) is 15.9 Å². The number of benzene rings is 1. The van der Waals surface area contributed by atoms with Crippen LogP contribution in [0.25, 0.3) is 0 Å². The number of rotatable bonds is 6. The lowest BCUT2D eigenvalue weighted by atomic mass is 10.1. The van der Waals surface area contributed by atoms with E-state index >= 15 is 0 Å². The van der Waals surface area contributed by atoms with Gasteiger partial charge in [-0.2, -0.15) is 0 Å². The highest BCUT2D eigenvalue weighted by Gasteiger charge is 2.24. The van der Waals surface area contributed by atoms with Gasteiger partial charge in [-0.1, -0.05) is 18.2 Å². The summed E-state index contributed by atoms with van der Waals surface area (Å²) in [4.78, 5) is 33.1. The maximum Gasteiger partial charge on any atom is 0.255 e. The molecule has 2 N–H and O–H groups in total. The minimum atomic E-state index is -0.388. The van der Waals surface area contributed by atoms with Gasteiger partial charge in [0.15, 0.2) is 0 Å². The van der Waals surface area contributed by atoms with Crippen molar-refractivity contribution in [3.8, 4) is 0 Å². The molecular formula is C19H22N4O2S. The molecule has 0 saturated carbocycles. The quantitative estimate of drug-likeness (QED) is 0.782. The lowest BCUT2D eigenvalue weighted by Crippen LogP contribution is -2.48. The number of primary amides is 1. The van der Waals surface area contributed by atoms with Crippen molar-refractivity contribution in [2.45, 2.75) is 11.4 Å². The maximum atomic E-state index is 12.9. The van der Waals surface area contributed by atoms with Crippen molar-refractivity contribution in [3.63, 3.8) is 0 Å². The van der Waals surface area contributed by atoms with Crippen LogP contribution >= 0.6 is 11.8 Å². The standard InChI is InChI=1S/C19H22N4O2S/c20-18(24)14-26-17-6-2-1-5-16(17)19(25)23-10-8-22(9-11-23)13-15-4-3-7-21-12-15/h1-7,12H,8-11,13-14H2,(H2,20,24). The Morgan fingerprint density at radius 2 is 1.85 bits per heavy atom. The molecular weight excluding hydrogens is 348 g/mol. The Balaban J connectivity index is 1.59. The van der Waals surface area contributed by atoms with E-state index in [1.807, 2.05) is 41.4 Å². The second-order valence-electron chi connectivity index (χ2n) is 6.18. The molecule has 6 nitrogen and oxygen atoms in total. The lowest BCUT2D eigenvalue weighted by Gasteiger charge is -2.35. The van der Waals surface area contributed by atoms with Crippen LogP contribution < -0.4 is 5.73 Å². The zero-order valence-electron chi connectivity index (χ0n) is 14.5. The van der Waals surface area contributed by atoms with E-state index in [1.165, 1.54) is 17.3 Å². The Morgan fingerprint density at radius 3 is 2.54 bits per heavy atom. The first-order valence-corrected chi connectivity index (χ1v) is 9.52. The van der Waals surface area contributed by atoms with Gasteiger partial charge in [0.05, 0.1) is 11.3 Å². The van der Waals surface area contributed by atoms with Crippen LogP contribution in [0, 0.1) is 0 Å². The summed E-state index contributed by atoms with van der Waals surface area (Å²) >= 11 is 1.31. The molecule has 0 bridgehead atoms. The van der Waals surface area contributed by atoms with Crippen molar-refractivity contribution < 1.29 is 9.59 Å². The first kappa shape index (κ1) is 18.4. The van der Waals surface area contributed by atoms with E-state index in [-0.39, 0.29) is 17.6 Å². The van der Waals surface area contributed by atoms with E-state index in [0.29, 0.717) is 18.7 Å². The smallest absolute Gasteiger partial charge is 0.255 e. The zero-order chi connectivity index (χ0) is 18.4. The van der Waals surface area contributed by atoms with E-state index < -0.39 is 0 Å². The first-order valence-electron chi connectivity index (χ1n) is 8.54. The van der Waals surface area contributed by atoms with Gasteiger partial charge in [0.25, 0.3) is 5.91 Å². The van der Waals surface area contributed by atoms with Crippen LogP contribution in [0.4, 0.5) is 0 Å². The average Bonchev–Trinajstić information content (AvgIpc) is 2.67. The van der Waals surface area contributed by atoms with Crippen molar-refractivity contribution in [1.29, 1.82) is 0 Å². The molecule has 1 fully saturated rings. The average molecular weight is 370 g/mol. The minimum Gasteiger partial charge on any atom is -0.369 e. The summed E-state index contributed by atoms with van der Waals surface area (Å²) in [6.07, 6.45) is 3.65. The number of piperazine rings is 1. The van der Waals surface area contributed by atoms with Gasteiger partial charge < -0.3 is 10.6 Å². The predicted molar refractivity (Wildman–Crippen MR) is 102 cm³/mol. The van der Waals surface area contributed by atoms with Gasteiger partial charge in [-0.3, -0.25) is 19.5 Å². The van der Waals surface area contributed by atoms with Crippen LogP contribution in [0.15, 0.2) is 53.7 Å². The largest absolute Gasteiger partial charge is 0.369 e. The molecule has 7 heteroatoms. The molecule has 1 saturated heterocycles. The molecule has 1 aromatic carbocycles. The van der Waals surface area contributed by atoms with Crippen LogP contribution in [-0.4, -0.2) is 58.5 Å². The van der Waals surface area contributed by atoms with Gasteiger partial charge in [-0.15, -0.1) is 11.8 Å². The third kappa shape index (κ3) is 4.83. The second-order valence-corrected chi connectivity index (χ2v) is 7.20. The van der Waals surface area contributed by atoms with Gasteiger partial charge in [0.1, 0.15) is 0 Å². The Bertz CT molecular complexity index is 761. The molecule has 0 aliphatic carbocycles. The Kier molecular flexibility index (Phi) is 6.25. The van der Waals surface area contributed by atoms with Crippen molar-refractivity contribution in [3.05, 3.63) is 59.9 Å². The molecule has 2 aromatic rings. The van der Waals surface area contributed by atoms with Gasteiger partial charge in [-0.25, -0.2) is 0 Å². The fraction of sp³-hybridized carbons (Fsp3) is 0.316. The minimum absolute atomic E-state index is 0.0126. The van der Waals surface area contributed by atoms with Crippen LogP contribution in [0.5, 0.6) is 0 Å². The summed E-state index contributed by atoms with van der Waals surface area (Å²) in [7, 11) is 0. The van der Waals surface area contributed by atoms with Gasteiger partial charge in [0.2, 0.25) is 5.91 Å². The van der Waals surface area contributed by atoms with Crippen LogP contribution in [-0.2, 0) is 11.3 Å². The number of amides is 2. The van der Waals surface area contributed by atoms with E-state index in [0.717, 1.165) is 24.5 Å². The number of aromatic nitrogens is 1.